The lowest BCUT2D eigenvalue weighted by molar-refractivity contribution is -0.141. The summed E-state index contributed by atoms with van der Waals surface area (Å²) >= 11 is 3.30. The molecule has 20 heavy (non-hydrogen) atoms. The molecule has 0 N–H and O–H groups in total. The second kappa shape index (κ2) is 6.20. The molecule has 0 aliphatic carbocycles. The average molecular weight is 339 g/mol. The van der Waals surface area contributed by atoms with Crippen LogP contribution in [0.1, 0.15) is 5.56 Å². The Morgan fingerprint density at radius 2 is 2.40 bits per heavy atom. The number of rotatable bonds is 2. The number of nitriles is 1. The molecule has 0 bridgehead atoms. The zero-order chi connectivity index (χ0) is 14.7. The van der Waals surface area contributed by atoms with Crippen molar-refractivity contribution in [3.05, 3.63) is 22.3 Å². The van der Waals surface area contributed by atoms with Gasteiger partial charge in [-0.1, -0.05) is 0 Å². The van der Waals surface area contributed by atoms with Crippen molar-refractivity contribution >= 4 is 27.7 Å². The van der Waals surface area contributed by atoms with E-state index >= 15 is 0 Å². The van der Waals surface area contributed by atoms with Crippen molar-refractivity contribution in [2.45, 2.75) is 6.10 Å². The SMILES string of the molecule is CN(C)C(=O)C1CN(c2ncc(Br)cc2C#N)CCO1. The van der Waals surface area contributed by atoms with Crippen LogP contribution in [-0.4, -0.2) is 55.7 Å². The van der Waals surface area contributed by atoms with Gasteiger partial charge in [-0.05, 0) is 22.0 Å². The minimum atomic E-state index is -0.518. The zero-order valence-electron chi connectivity index (χ0n) is 11.3. The summed E-state index contributed by atoms with van der Waals surface area (Å²) in [6.07, 6.45) is 1.13. The lowest BCUT2D eigenvalue weighted by atomic mass is 10.2. The normalized spacial score (nSPS) is 18.5. The van der Waals surface area contributed by atoms with Crippen molar-refractivity contribution in [2.24, 2.45) is 0 Å². The first-order valence-corrected chi connectivity index (χ1v) is 6.95. The Labute approximate surface area is 126 Å². The maximum atomic E-state index is 12.0. The first-order chi connectivity index (χ1) is 9.52. The van der Waals surface area contributed by atoms with E-state index in [2.05, 4.69) is 27.0 Å². The molecule has 1 atom stereocenters. The number of nitrogens with zero attached hydrogens (tertiary/aromatic N) is 4. The minimum absolute atomic E-state index is 0.0784. The highest BCUT2D eigenvalue weighted by Gasteiger charge is 2.29. The van der Waals surface area contributed by atoms with Gasteiger partial charge in [0.25, 0.3) is 5.91 Å². The van der Waals surface area contributed by atoms with E-state index in [0.717, 1.165) is 4.47 Å². The van der Waals surface area contributed by atoms with E-state index in [0.29, 0.717) is 31.1 Å². The molecule has 2 heterocycles. The number of carbonyl (C=O) groups excluding carboxylic acids is 1. The third-order valence-electron chi connectivity index (χ3n) is 3.04. The van der Waals surface area contributed by atoms with E-state index < -0.39 is 6.10 Å². The maximum Gasteiger partial charge on any atom is 0.253 e. The highest BCUT2D eigenvalue weighted by atomic mass is 79.9. The molecule has 1 aromatic rings. The Morgan fingerprint density at radius 3 is 3.05 bits per heavy atom. The van der Waals surface area contributed by atoms with Crippen LogP contribution < -0.4 is 4.90 Å². The molecule has 106 valence electrons. The fourth-order valence-electron chi connectivity index (χ4n) is 2.05. The van der Waals surface area contributed by atoms with E-state index in [4.69, 9.17) is 4.74 Å². The summed E-state index contributed by atoms with van der Waals surface area (Å²) in [5.41, 5.74) is 0.484. The molecule has 1 aliphatic heterocycles. The van der Waals surface area contributed by atoms with Crippen molar-refractivity contribution in [2.75, 3.05) is 38.7 Å². The first kappa shape index (κ1) is 14.8. The van der Waals surface area contributed by atoms with Crippen LogP contribution in [0.4, 0.5) is 5.82 Å². The van der Waals surface area contributed by atoms with Gasteiger partial charge in [0.05, 0.1) is 18.7 Å². The fourth-order valence-corrected chi connectivity index (χ4v) is 2.38. The standard InChI is InChI=1S/C13H15BrN4O2/c1-17(2)13(19)11-8-18(3-4-20-11)12-9(6-15)5-10(14)7-16-12/h5,7,11H,3-4,8H2,1-2H3. The molecule has 1 fully saturated rings. The third-order valence-corrected chi connectivity index (χ3v) is 3.47. The topological polar surface area (TPSA) is 69.5 Å². The van der Waals surface area contributed by atoms with Crippen molar-refractivity contribution < 1.29 is 9.53 Å². The number of likely N-dealkylation sites (N-methyl/N-ethyl adjacent to an activating group) is 1. The molecule has 2 rings (SSSR count). The number of pyridine rings is 1. The van der Waals surface area contributed by atoms with Gasteiger partial charge in [0.2, 0.25) is 0 Å². The quantitative estimate of drug-likeness (QED) is 0.804. The van der Waals surface area contributed by atoms with Crippen LogP contribution in [0.25, 0.3) is 0 Å². The van der Waals surface area contributed by atoms with Crippen LogP contribution in [0.3, 0.4) is 0 Å². The summed E-state index contributed by atoms with van der Waals surface area (Å²) in [6.45, 7) is 1.45. The molecule has 1 aromatic heterocycles. The summed E-state index contributed by atoms with van der Waals surface area (Å²) in [5, 5.41) is 9.19. The Bertz CT molecular complexity index is 556. The molecule has 1 unspecified atom stereocenters. The van der Waals surface area contributed by atoms with Gasteiger partial charge in [-0.2, -0.15) is 5.26 Å². The second-order valence-corrected chi connectivity index (χ2v) is 5.59. The lowest BCUT2D eigenvalue weighted by Gasteiger charge is -2.34. The largest absolute Gasteiger partial charge is 0.365 e. The number of aromatic nitrogens is 1. The zero-order valence-corrected chi connectivity index (χ0v) is 12.9. The summed E-state index contributed by atoms with van der Waals surface area (Å²) < 4.78 is 6.25. The van der Waals surface area contributed by atoms with E-state index in [9.17, 15) is 10.1 Å². The number of morpholine rings is 1. The van der Waals surface area contributed by atoms with Gasteiger partial charge in [0.15, 0.2) is 6.10 Å². The predicted octanol–water partition coefficient (Wildman–Crippen LogP) is 1.01. The number of halogens is 1. The minimum Gasteiger partial charge on any atom is -0.365 e. The molecule has 0 saturated carbocycles. The smallest absolute Gasteiger partial charge is 0.253 e. The molecule has 6 nitrogen and oxygen atoms in total. The van der Waals surface area contributed by atoms with Gasteiger partial charge in [0.1, 0.15) is 11.9 Å². The van der Waals surface area contributed by atoms with Crippen molar-refractivity contribution in [3.63, 3.8) is 0 Å². The van der Waals surface area contributed by atoms with Crippen LogP contribution in [0.2, 0.25) is 0 Å². The Morgan fingerprint density at radius 1 is 1.65 bits per heavy atom. The maximum absolute atomic E-state index is 12.0. The molecule has 0 spiro atoms. The number of hydrogen-bond donors (Lipinski definition) is 0. The highest BCUT2D eigenvalue weighted by molar-refractivity contribution is 9.10. The number of hydrogen-bond acceptors (Lipinski definition) is 5. The molecule has 1 aliphatic rings. The molecular weight excluding hydrogens is 324 g/mol. The first-order valence-electron chi connectivity index (χ1n) is 6.16. The molecule has 1 saturated heterocycles. The van der Waals surface area contributed by atoms with Crippen molar-refractivity contribution in [1.29, 1.82) is 5.26 Å². The van der Waals surface area contributed by atoms with Gasteiger partial charge >= 0.3 is 0 Å². The van der Waals surface area contributed by atoms with Gasteiger partial charge in [-0.25, -0.2) is 4.98 Å². The Kier molecular flexibility index (Phi) is 4.57. The molecule has 0 aromatic carbocycles. The number of ether oxygens (including phenoxy) is 1. The summed E-state index contributed by atoms with van der Waals surface area (Å²) in [5.74, 6) is 0.515. The van der Waals surface area contributed by atoms with Crippen molar-refractivity contribution in [3.8, 4) is 6.07 Å². The number of amides is 1. The Balaban J connectivity index is 2.21. The summed E-state index contributed by atoms with van der Waals surface area (Å²) in [6, 6.07) is 3.85. The van der Waals surface area contributed by atoms with E-state index in [1.165, 1.54) is 4.90 Å². The van der Waals surface area contributed by atoms with Gasteiger partial charge in [-0.3, -0.25) is 4.79 Å². The molecule has 0 radical (unpaired) electrons. The summed E-state index contributed by atoms with van der Waals surface area (Å²) in [4.78, 5) is 19.7. The van der Waals surface area contributed by atoms with E-state index in [-0.39, 0.29) is 5.91 Å². The van der Waals surface area contributed by atoms with E-state index in [1.54, 1.807) is 26.4 Å². The lowest BCUT2D eigenvalue weighted by Crippen LogP contribution is -2.50. The molecular formula is C13H15BrN4O2. The third kappa shape index (κ3) is 3.08. The monoisotopic (exact) mass is 338 g/mol. The van der Waals surface area contributed by atoms with Crippen LogP contribution >= 0.6 is 15.9 Å². The van der Waals surface area contributed by atoms with Crippen molar-refractivity contribution in [1.82, 2.24) is 9.88 Å². The number of carbonyl (C=O) groups is 1. The predicted molar refractivity (Wildman–Crippen MR) is 77.3 cm³/mol. The van der Waals surface area contributed by atoms with Crippen LogP contribution in [0.15, 0.2) is 16.7 Å². The van der Waals surface area contributed by atoms with Crippen LogP contribution in [0, 0.1) is 11.3 Å². The molecule has 1 amide bonds. The average Bonchev–Trinajstić information content (AvgIpc) is 2.46. The van der Waals surface area contributed by atoms with Gasteiger partial charge in [-0.15, -0.1) is 0 Å². The Hall–Kier alpha value is -1.65. The van der Waals surface area contributed by atoms with Gasteiger partial charge in [0, 0.05) is 31.3 Å². The fraction of sp³-hybridized carbons (Fsp3) is 0.462. The van der Waals surface area contributed by atoms with Gasteiger partial charge < -0.3 is 14.5 Å². The summed E-state index contributed by atoms with van der Waals surface area (Å²) in [7, 11) is 3.40. The van der Waals surface area contributed by atoms with Crippen LogP contribution in [0.5, 0.6) is 0 Å². The second-order valence-electron chi connectivity index (χ2n) is 4.67. The number of anilines is 1. The molecule has 7 heteroatoms. The van der Waals surface area contributed by atoms with Crippen LogP contribution in [-0.2, 0) is 9.53 Å². The van der Waals surface area contributed by atoms with E-state index in [1.807, 2.05) is 4.90 Å². The highest BCUT2D eigenvalue weighted by Crippen LogP contribution is 2.23.